The zero-order chi connectivity index (χ0) is 65.6. The number of fused-ring (bicyclic) bond motifs is 6. The lowest BCUT2D eigenvalue weighted by atomic mass is 9.97. The minimum atomic E-state index is 0.436. The second-order valence-corrected chi connectivity index (χ2v) is 24.4. The van der Waals surface area contributed by atoms with Crippen LogP contribution in [0.15, 0.2) is 328 Å². The smallest absolute Gasteiger partial charge is 0.187 e. The number of aromatic nitrogens is 5. The molecule has 0 saturated carbocycles. The Bertz CT molecular complexity index is 5610. The van der Waals surface area contributed by atoms with Crippen molar-refractivity contribution in [1.29, 1.82) is 10.5 Å². The molecule has 8 nitrogen and oxygen atoms in total. The molecular formula is C90H54N8. The molecule has 3 aromatic heterocycles. The Kier molecular flexibility index (Phi) is 14.5. The fraction of sp³-hybridized carbons (Fsp3) is 0. The maximum Gasteiger partial charge on any atom is 0.187 e. The van der Waals surface area contributed by atoms with Crippen molar-refractivity contribution < 1.29 is 0 Å². The first-order valence-corrected chi connectivity index (χ1v) is 32.4. The Balaban J connectivity index is 0.928. The number of nitrogens with zero attached hydrogens (tertiary/aromatic N) is 8. The molecule has 0 amide bonds. The summed E-state index contributed by atoms with van der Waals surface area (Å²) in [4.78, 5) is 20.6. The Morgan fingerprint density at radius 2 is 0.612 bits per heavy atom. The average molecular weight is 1250 g/mol. The van der Waals surface area contributed by atoms with Gasteiger partial charge in [0.25, 0.3) is 0 Å². The second-order valence-electron chi connectivity index (χ2n) is 24.4. The summed E-state index contributed by atoms with van der Waals surface area (Å²) in [5, 5.41) is 24.6. The van der Waals surface area contributed by atoms with E-state index in [4.69, 9.17) is 21.5 Å². The summed E-state index contributed by atoms with van der Waals surface area (Å²) in [5.41, 5.74) is 23.9. The molecule has 0 aliphatic heterocycles. The Labute approximate surface area is 566 Å². The van der Waals surface area contributed by atoms with Crippen LogP contribution < -0.4 is 0 Å². The lowest BCUT2D eigenvalue weighted by Crippen LogP contribution is -2.04. The molecule has 3 heterocycles. The van der Waals surface area contributed by atoms with Crippen molar-refractivity contribution in [1.82, 2.24) is 24.1 Å². The number of rotatable bonds is 12. The number of hydrogen-bond donors (Lipinski definition) is 0. The van der Waals surface area contributed by atoms with E-state index in [1.807, 2.05) is 103 Å². The van der Waals surface area contributed by atoms with Crippen molar-refractivity contribution in [2.45, 2.75) is 0 Å². The van der Waals surface area contributed by atoms with Crippen LogP contribution in [0.4, 0.5) is 5.69 Å². The molecule has 17 rings (SSSR count). The van der Waals surface area contributed by atoms with Gasteiger partial charge in [-0.05, 0) is 158 Å². The molecule has 0 radical (unpaired) electrons. The molecule has 8 heteroatoms. The number of nitriles is 2. The zero-order valence-corrected chi connectivity index (χ0v) is 52.8. The molecule has 98 heavy (non-hydrogen) atoms. The summed E-state index contributed by atoms with van der Waals surface area (Å²) in [7, 11) is 0. The van der Waals surface area contributed by atoms with E-state index in [2.05, 4.69) is 251 Å². The third-order valence-electron chi connectivity index (χ3n) is 18.7. The molecule has 454 valence electrons. The van der Waals surface area contributed by atoms with Crippen LogP contribution >= 0.6 is 0 Å². The van der Waals surface area contributed by atoms with Gasteiger partial charge in [0.1, 0.15) is 0 Å². The molecule has 0 N–H and O–H groups in total. The minimum Gasteiger partial charge on any atom is -0.309 e. The standard InChI is InChI=1S/C90H54N8/c1-93-73-29-17-28-70(49-73)76-43-37-72(55-87(76)98-84-46-40-67(62-23-10-4-11-24-62)52-80(84)81-53-68(41-47-85(81)98)63-25-12-5-13-26-63)89-94-88(95-90(96-89)77-31-15-14-30-74(77)64-34-32-58(56-91)33-35-64)71-36-42-75(69-27-16-18-59(48-69)57-92)86(54-71)97-82-44-38-65(60-19-6-2-7-20-60)50-78(82)79-51-66(39-45-83(79)97)61-21-8-3-9-22-61/h2-55H. The molecule has 0 bridgehead atoms. The third kappa shape index (κ3) is 10.5. The molecule has 0 spiro atoms. The van der Waals surface area contributed by atoms with Gasteiger partial charge in [0, 0.05) is 49.4 Å². The van der Waals surface area contributed by atoms with Crippen molar-refractivity contribution in [2.24, 2.45) is 0 Å². The van der Waals surface area contributed by atoms with Crippen molar-refractivity contribution in [2.75, 3.05) is 0 Å². The van der Waals surface area contributed by atoms with Crippen LogP contribution in [0.2, 0.25) is 0 Å². The van der Waals surface area contributed by atoms with Crippen LogP contribution in [0.5, 0.6) is 0 Å². The van der Waals surface area contributed by atoms with Gasteiger partial charge in [-0.1, -0.05) is 237 Å². The second kappa shape index (κ2) is 24.6. The van der Waals surface area contributed by atoms with Gasteiger partial charge < -0.3 is 9.13 Å². The van der Waals surface area contributed by atoms with Crippen LogP contribution in [-0.4, -0.2) is 24.1 Å². The van der Waals surface area contributed by atoms with Gasteiger partial charge in [-0.2, -0.15) is 10.5 Å². The average Bonchev–Trinajstić information content (AvgIpc) is 1.57. The predicted octanol–water partition coefficient (Wildman–Crippen LogP) is 23.0. The monoisotopic (exact) mass is 1250 g/mol. The van der Waals surface area contributed by atoms with Crippen LogP contribution in [0, 0.1) is 29.2 Å². The quantitative estimate of drug-likeness (QED) is 0.113. The highest BCUT2D eigenvalue weighted by Gasteiger charge is 2.24. The number of hydrogen-bond acceptors (Lipinski definition) is 5. The molecule has 14 aromatic carbocycles. The van der Waals surface area contributed by atoms with Gasteiger partial charge in [-0.25, -0.2) is 19.8 Å². The van der Waals surface area contributed by atoms with Gasteiger partial charge in [0.15, 0.2) is 23.2 Å². The van der Waals surface area contributed by atoms with Crippen LogP contribution in [0.3, 0.4) is 0 Å². The van der Waals surface area contributed by atoms with Crippen LogP contribution in [0.25, 0.3) is 172 Å². The van der Waals surface area contributed by atoms with E-state index in [-0.39, 0.29) is 0 Å². The molecule has 0 atom stereocenters. The van der Waals surface area contributed by atoms with Crippen molar-refractivity contribution >= 4 is 49.3 Å². The first kappa shape index (κ1) is 58.0. The van der Waals surface area contributed by atoms with E-state index < -0.39 is 0 Å². The van der Waals surface area contributed by atoms with E-state index in [1.165, 1.54) is 0 Å². The Hall–Kier alpha value is -13.8. The Morgan fingerprint density at radius 1 is 0.255 bits per heavy atom. The predicted molar refractivity (Wildman–Crippen MR) is 399 cm³/mol. The number of benzene rings is 14. The lowest BCUT2D eigenvalue weighted by Gasteiger charge is -2.18. The highest BCUT2D eigenvalue weighted by Crippen LogP contribution is 2.45. The molecule has 0 saturated heterocycles. The lowest BCUT2D eigenvalue weighted by molar-refractivity contribution is 1.07. The normalized spacial score (nSPS) is 11.2. The molecule has 17 aromatic rings. The summed E-state index contributed by atoms with van der Waals surface area (Å²) in [5.74, 6) is 1.32. The van der Waals surface area contributed by atoms with Gasteiger partial charge >= 0.3 is 0 Å². The summed E-state index contributed by atoms with van der Waals surface area (Å²) < 4.78 is 4.70. The van der Waals surface area contributed by atoms with E-state index in [9.17, 15) is 10.5 Å². The molecule has 0 aliphatic carbocycles. The van der Waals surface area contributed by atoms with Gasteiger partial charge in [0.05, 0.1) is 63.3 Å². The fourth-order valence-electron chi connectivity index (χ4n) is 13.9. The summed E-state index contributed by atoms with van der Waals surface area (Å²) in [6.07, 6.45) is 0. The summed E-state index contributed by atoms with van der Waals surface area (Å²) in [6, 6.07) is 118. The first-order valence-electron chi connectivity index (χ1n) is 32.4. The minimum absolute atomic E-state index is 0.436. The fourth-order valence-corrected chi connectivity index (χ4v) is 13.9. The van der Waals surface area contributed by atoms with Crippen molar-refractivity contribution in [3.05, 3.63) is 350 Å². The van der Waals surface area contributed by atoms with Crippen molar-refractivity contribution in [3.8, 4) is 136 Å². The molecule has 0 fully saturated rings. The van der Waals surface area contributed by atoms with Gasteiger partial charge in [-0.3, -0.25) is 0 Å². The Morgan fingerprint density at radius 3 is 1.03 bits per heavy atom. The SMILES string of the molecule is [C-]#[N+]c1cccc(-c2ccc(-c3nc(-c4ccc(-c5cccc(C#N)c5)c(-n5c6ccc(-c7ccccc7)cc6c6cc(-c7ccccc7)ccc65)c4)nc(-c4ccccc4-c4ccc(C#N)cc4)n3)cc2-n2c3ccc(-c4ccccc4)cc3c3cc(-c4ccccc4)ccc32)c1. The van der Waals surface area contributed by atoms with E-state index in [1.54, 1.807) is 0 Å². The molecule has 0 aliphatic rings. The van der Waals surface area contributed by atoms with E-state index in [0.29, 0.717) is 34.3 Å². The molecule has 0 unspecified atom stereocenters. The van der Waals surface area contributed by atoms with Gasteiger partial charge in [0.2, 0.25) is 0 Å². The van der Waals surface area contributed by atoms with Crippen LogP contribution in [-0.2, 0) is 0 Å². The third-order valence-corrected chi connectivity index (χ3v) is 18.7. The largest absolute Gasteiger partial charge is 0.309 e. The highest BCUT2D eigenvalue weighted by atomic mass is 15.0. The van der Waals surface area contributed by atoms with Crippen LogP contribution in [0.1, 0.15) is 11.1 Å². The maximum atomic E-state index is 10.4. The summed E-state index contributed by atoms with van der Waals surface area (Å²) in [6.45, 7) is 8.15. The molecular weight excluding hydrogens is 1190 g/mol. The van der Waals surface area contributed by atoms with E-state index in [0.717, 1.165) is 150 Å². The zero-order valence-electron chi connectivity index (χ0n) is 52.8. The van der Waals surface area contributed by atoms with Gasteiger partial charge in [-0.15, -0.1) is 0 Å². The summed E-state index contributed by atoms with van der Waals surface area (Å²) >= 11 is 0. The maximum absolute atomic E-state index is 10.4. The topological polar surface area (TPSA) is 100 Å². The first-order chi connectivity index (χ1) is 48.4. The van der Waals surface area contributed by atoms with E-state index >= 15 is 0 Å². The highest BCUT2D eigenvalue weighted by molar-refractivity contribution is 6.14. The van der Waals surface area contributed by atoms with Crippen molar-refractivity contribution in [3.63, 3.8) is 0 Å².